The molecule has 5 aliphatic heterocycles. The second-order valence-electron chi connectivity index (χ2n) is 23.5. The molecule has 5 N–H and O–H groups in total. The topological polar surface area (TPSA) is 246 Å². The number of ketones is 2. The summed E-state index contributed by atoms with van der Waals surface area (Å²) in [7, 11) is 1.29. The highest BCUT2D eigenvalue weighted by atomic mass is 16.7. The molecule has 10 rings (SSSR count). The van der Waals surface area contributed by atoms with E-state index in [2.05, 4.69) is 16.3 Å². The zero-order chi connectivity index (χ0) is 56.4. The highest BCUT2D eigenvalue weighted by Gasteiger charge is 2.86. The molecule has 2 aromatic carbocycles. The summed E-state index contributed by atoms with van der Waals surface area (Å²) in [6.07, 6.45) is 6.62. The predicted octanol–water partition coefficient (Wildman–Crippen LogP) is 6.07. The highest BCUT2D eigenvalue weighted by Crippen LogP contribution is 2.71. The van der Waals surface area contributed by atoms with Crippen LogP contribution in [0.4, 0.5) is 0 Å². The summed E-state index contributed by atoms with van der Waals surface area (Å²) < 4.78 is 44.9. The molecule has 4 bridgehead atoms. The van der Waals surface area contributed by atoms with Crippen LogP contribution in [0.5, 0.6) is 23.0 Å². The van der Waals surface area contributed by atoms with Crippen molar-refractivity contribution in [3.05, 3.63) is 87.5 Å². The fraction of sp³-hybridized carbons (Fsp3) is 0.583. The Morgan fingerprint density at radius 1 is 0.897 bits per heavy atom. The lowest BCUT2D eigenvalue weighted by Gasteiger charge is -2.64. The van der Waals surface area contributed by atoms with E-state index in [1.54, 1.807) is 13.0 Å². The van der Waals surface area contributed by atoms with Gasteiger partial charge in [0.2, 0.25) is 6.29 Å². The SMILES string of the molecule is COC(=O)/C(C)=C\CC12OC(C)(C)C3CC(C1=O)C(N1CCCCC1)C1C(=O)c4c(OC(=O)C(C)NC(=O)c5ccc(O[C@@H]6O[C@H](CO)[C@@H](O)[C@@H](O)[C@H]6O)cc5)c5c(c(CC=C(C)C)c4OC132)OC(C)(CCC=C(C)C)C=C5. The van der Waals surface area contributed by atoms with Crippen molar-refractivity contribution in [1.82, 2.24) is 10.2 Å². The standard InChI is InChI=1S/C60H76N2O16/c1-31(2)15-14-24-58(9)25-23-38-49(76-58)37(21-16-32(3)4)51-42(50(38)75-55(71)34(6)61-53(69)35-17-19-36(20-18-35)73-56-48(67)47(66)45(64)40(30-63)74-56)46(65)43-44(62-27-12-11-13-28-62)39-29-41-57(7,8)78-59(52(39)68,60(41,43)77-51)26-22-33(5)54(70)72-10/h15-20,22-23,25,34,39-41,43-45,47-48,56,63-64,66-67H,11-14,21,24,26-30H2,1-10H3,(H,61,69)/b33-22-/t34?,39?,40-,41?,43?,44?,45-,47-,48-,56-,58?,59?,60?/m1/s1. The van der Waals surface area contributed by atoms with E-state index in [1.165, 1.54) is 38.3 Å². The molecule has 0 radical (unpaired) electrons. The van der Waals surface area contributed by atoms with Crippen LogP contribution in [0.25, 0.3) is 6.08 Å². The highest BCUT2D eigenvalue weighted by molar-refractivity contribution is 6.11. The van der Waals surface area contributed by atoms with Gasteiger partial charge in [0, 0.05) is 41.0 Å². The average Bonchev–Trinajstić information content (AvgIpc) is 3.82. The number of methoxy groups -OCH3 is 1. The van der Waals surface area contributed by atoms with Crippen LogP contribution in [-0.4, -0.2) is 147 Å². The minimum Gasteiger partial charge on any atom is -0.482 e. The van der Waals surface area contributed by atoms with Crippen LogP contribution in [0, 0.1) is 17.8 Å². The molecule has 6 fully saturated rings. The number of aliphatic hydroxyl groups excluding tert-OH is 4. The maximum atomic E-state index is 16.7. The van der Waals surface area contributed by atoms with Crippen LogP contribution < -0.4 is 24.3 Å². The van der Waals surface area contributed by atoms with Gasteiger partial charge in [-0.15, -0.1) is 0 Å². The average molecular weight is 1080 g/mol. The largest absolute Gasteiger partial charge is 0.482 e. The van der Waals surface area contributed by atoms with Crippen molar-refractivity contribution in [2.45, 2.75) is 179 Å². The third-order valence-electron chi connectivity index (χ3n) is 17.1. The van der Waals surface area contributed by atoms with Crippen molar-refractivity contribution in [2.75, 3.05) is 26.8 Å². The Morgan fingerprint density at radius 3 is 2.24 bits per heavy atom. The summed E-state index contributed by atoms with van der Waals surface area (Å²) in [6.45, 7) is 17.6. The van der Waals surface area contributed by atoms with Crippen molar-refractivity contribution in [1.29, 1.82) is 0 Å². The Bertz CT molecular complexity index is 2840. The van der Waals surface area contributed by atoms with Gasteiger partial charge in [0.25, 0.3) is 5.91 Å². The summed E-state index contributed by atoms with van der Waals surface area (Å²) >= 11 is 0. The molecule has 3 aliphatic carbocycles. The molecule has 8 aliphatic rings. The van der Waals surface area contributed by atoms with Crippen LogP contribution >= 0.6 is 0 Å². The molecule has 1 amide bonds. The molecule has 2 aromatic rings. The van der Waals surface area contributed by atoms with Gasteiger partial charge in [0.05, 0.1) is 30.8 Å². The van der Waals surface area contributed by atoms with Gasteiger partial charge >= 0.3 is 11.9 Å². The Morgan fingerprint density at radius 2 is 1.59 bits per heavy atom. The number of ether oxygens (including phenoxy) is 7. The quantitative estimate of drug-likeness (QED) is 0.0554. The number of fused-ring (bicyclic) bond motifs is 2. The molecule has 18 nitrogen and oxygen atoms in total. The number of likely N-dealkylation sites (tertiary alicyclic amines) is 1. The number of nitrogens with one attached hydrogen (secondary N) is 1. The first kappa shape index (κ1) is 57.0. The van der Waals surface area contributed by atoms with E-state index in [1.807, 2.05) is 66.7 Å². The summed E-state index contributed by atoms with van der Waals surface area (Å²) in [5, 5.41) is 43.2. The number of Topliss-reactive ketones (excluding diaryl/α,β-unsaturated/α-hetero) is 2. The fourth-order valence-corrected chi connectivity index (χ4v) is 13.2. The number of piperidine rings is 1. The smallest absolute Gasteiger partial charge is 0.333 e. The van der Waals surface area contributed by atoms with Crippen molar-refractivity contribution >= 4 is 35.5 Å². The molecule has 3 saturated carbocycles. The monoisotopic (exact) mass is 1080 g/mol. The van der Waals surface area contributed by atoms with Gasteiger partial charge < -0.3 is 58.9 Å². The van der Waals surface area contributed by atoms with Crippen LogP contribution in [0.2, 0.25) is 0 Å². The first-order valence-electron chi connectivity index (χ1n) is 27.4. The number of aliphatic hydroxyl groups is 4. The van der Waals surface area contributed by atoms with Crippen molar-refractivity contribution in [2.24, 2.45) is 17.8 Å². The van der Waals surface area contributed by atoms with Gasteiger partial charge in [0.1, 0.15) is 58.9 Å². The van der Waals surface area contributed by atoms with E-state index >= 15 is 9.59 Å². The van der Waals surface area contributed by atoms with E-state index in [0.29, 0.717) is 49.2 Å². The summed E-state index contributed by atoms with van der Waals surface area (Å²) in [6, 6.07) is 3.75. The summed E-state index contributed by atoms with van der Waals surface area (Å²) in [5.41, 5.74) is -1.78. The molecule has 8 unspecified atom stereocenters. The number of allylic oxidation sites excluding steroid dienone is 4. The second-order valence-corrected chi connectivity index (χ2v) is 23.5. The van der Waals surface area contributed by atoms with Gasteiger partial charge in [-0.2, -0.15) is 0 Å². The van der Waals surface area contributed by atoms with Gasteiger partial charge in [0.15, 0.2) is 28.5 Å². The molecule has 1 spiro atoms. The molecule has 78 heavy (non-hydrogen) atoms. The Labute approximate surface area is 455 Å². The molecule has 5 heterocycles. The zero-order valence-corrected chi connectivity index (χ0v) is 46.4. The Hall–Kier alpha value is -5.73. The number of amides is 1. The Kier molecular flexibility index (Phi) is 15.9. The van der Waals surface area contributed by atoms with E-state index in [0.717, 1.165) is 30.4 Å². The van der Waals surface area contributed by atoms with Gasteiger partial charge in [-0.1, -0.05) is 35.8 Å². The molecule has 13 atom stereocenters. The molecular weight excluding hydrogens is 1000 g/mol. The number of hydrogen-bond donors (Lipinski definition) is 5. The van der Waals surface area contributed by atoms with Crippen LogP contribution in [0.1, 0.15) is 139 Å². The predicted molar refractivity (Wildman–Crippen MR) is 285 cm³/mol. The maximum absolute atomic E-state index is 16.7. The minimum atomic E-state index is -1.73. The van der Waals surface area contributed by atoms with Crippen LogP contribution in [0.15, 0.2) is 65.3 Å². The normalized spacial score (nSPS) is 32.8. The molecule has 0 aromatic heterocycles. The molecule has 422 valence electrons. The molecular formula is C60H76N2O16. The lowest BCUT2D eigenvalue weighted by Crippen LogP contribution is -2.82. The first-order chi connectivity index (χ1) is 36.9. The maximum Gasteiger partial charge on any atom is 0.333 e. The van der Waals surface area contributed by atoms with E-state index in [-0.39, 0.29) is 58.4 Å². The number of nitrogens with zero attached hydrogens (tertiary/aromatic N) is 1. The number of carbonyl (C=O) groups excluding carboxylic acids is 5. The van der Waals surface area contributed by atoms with E-state index < -0.39 is 107 Å². The minimum absolute atomic E-state index is 0.0282. The molecule has 18 heteroatoms. The lowest BCUT2D eigenvalue weighted by atomic mass is 9.44. The number of hydrogen-bond acceptors (Lipinski definition) is 17. The summed E-state index contributed by atoms with van der Waals surface area (Å²) in [4.78, 5) is 76.2. The number of esters is 2. The lowest BCUT2D eigenvalue weighted by molar-refractivity contribution is -0.277. The van der Waals surface area contributed by atoms with Crippen molar-refractivity contribution in [3.8, 4) is 23.0 Å². The molecule has 3 saturated heterocycles. The zero-order valence-electron chi connectivity index (χ0n) is 46.4. The van der Waals surface area contributed by atoms with Gasteiger partial charge in [-0.25, -0.2) is 9.59 Å². The van der Waals surface area contributed by atoms with Gasteiger partial charge in [-0.05, 0) is 150 Å². The second kappa shape index (κ2) is 21.7. The third-order valence-corrected chi connectivity index (χ3v) is 17.1. The Balaban J connectivity index is 1.15. The third kappa shape index (κ3) is 9.82. The first-order valence-corrected chi connectivity index (χ1v) is 27.4. The number of benzene rings is 2. The van der Waals surface area contributed by atoms with Crippen molar-refractivity contribution < 1.29 is 77.6 Å². The van der Waals surface area contributed by atoms with Crippen molar-refractivity contribution in [3.63, 3.8) is 0 Å². The van der Waals surface area contributed by atoms with Crippen LogP contribution in [-0.2, 0) is 35.0 Å². The van der Waals surface area contributed by atoms with Crippen LogP contribution in [0.3, 0.4) is 0 Å². The fourth-order valence-electron chi connectivity index (χ4n) is 13.2. The van der Waals surface area contributed by atoms with E-state index in [4.69, 9.17) is 33.2 Å². The number of rotatable bonds is 16. The van der Waals surface area contributed by atoms with Gasteiger partial charge in [-0.3, -0.25) is 19.3 Å². The number of carbonyl (C=O) groups is 5. The van der Waals surface area contributed by atoms with E-state index in [9.17, 15) is 34.8 Å². The summed E-state index contributed by atoms with van der Waals surface area (Å²) in [5.74, 6) is -4.31.